The molecule has 0 aliphatic carbocycles. The molecule has 5 N–H and O–H groups in total. The summed E-state index contributed by atoms with van der Waals surface area (Å²) in [5, 5.41) is 48.8. The van der Waals surface area contributed by atoms with Crippen molar-refractivity contribution in [3.63, 3.8) is 0 Å². The van der Waals surface area contributed by atoms with Gasteiger partial charge in [-0.3, -0.25) is 9.59 Å². The van der Waals surface area contributed by atoms with E-state index in [2.05, 4.69) is 4.74 Å². The molecule has 1 aromatic carbocycles. The molecule has 6 atom stereocenters. The summed E-state index contributed by atoms with van der Waals surface area (Å²) in [7, 11) is 1.18. The summed E-state index contributed by atoms with van der Waals surface area (Å²) in [5.41, 5.74) is -0.991. The summed E-state index contributed by atoms with van der Waals surface area (Å²) in [4.78, 5) is 23.2. The first-order chi connectivity index (χ1) is 14.6. The number of carbonyl (C=O) groups is 2. The molecule has 1 aromatic rings. The van der Waals surface area contributed by atoms with Crippen molar-refractivity contribution in [1.29, 1.82) is 0 Å². The van der Waals surface area contributed by atoms with Crippen molar-refractivity contribution in [1.82, 2.24) is 0 Å². The molecule has 0 amide bonds. The molecule has 0 bridgehead atoms. The van der Waals surface area contributed by atoms with Crippen LogP contribution < -0.4 is 4.74 Å². The molecule has 11 heteroatoms. The van der Waals surface area contributed by atoms with E-state index in [1.807, 2.05) is 0 Å². The van der Waals surface area contributed by atoms with E-state index in [-0.39, 0.29) is 25.2 Å². The van der Waals surface area contributed by atoms with Gasteiger partial charge in [0.15, 0.2) is 0 Å². The third-order valence-corrected chi connectivity index (χ3v) is 4.70. The maximum atomic E-state index is 11.9. The molecule has 0 saturated carbocycles. The number of methoxy groups -OCH3 is 1. The summed E-state index contributed by atoms with van der Waals surface area (Å²) in [6, 6.07) is 6.19. The normalized spacial score (nSPS) is 27.8. The first-order valence-electron chi connectivity index (χ1n) is 9.57. The second kappa shape index (κ2) is 10.8. The van der Waals surface area contributed by atoms with Crippen molar-refractivity contribution < 1.29 is 54.1 Å². The van der Waals surface area contributed by atoms with Crippen molar-refractivity contribution in [3.05, 3.63) is 29.8 Å². The van der Waals surface area contributed by atoms with Gasteiger partial charge in [-0.05, 0) is 24.6 Å². The maximum absolute atomic E-state index is 11.9. The van der Waals surface area contributed by atoms with Gasteiger partial charge in [0.2, 0.25) is 6.29 Å². The quantitative estimate of drug-likeness (QED) is 0.284. The fourth-order valence-corrected chi connectivity index (χ4v) is 2.93. The summed E-state index contributed by atoms with van der Waals surface area (Å²) < 4.78 is 20.3. The van der Waals surface area contributed by atoms with Crippen LogP contribution in [0.1, 0.15) is 25.3 Å². The monoisotopic (exact) mass is 444 g/mol. The van der Waals surface area contributed by atoms with Gasteiger partial charge in [0.25, 0.3) is 0 Å². The molecule has 0 spiro atoms. The second-order valence-corrected chi connectivity index (χ2v) is 7.55. The minimum absolute atomic E-state index is 0.0898. The van der Waals surface area contributed by atoms with Crippen LogP contribution in [0.15, 0.2) is 24.3 Å². The van der Waals surface area contributed by atoms with Crippen LogP contribution in [0.5, 0.6) is 5.75 Å². The Morgan fingerprint density at radius 3 is 2.23 bits per heavy atom. The minimum Gasteiger partial charge on any atom is -0.469 e. The molecule has 0 unspecified atom stereocenters. The molecule has 1 aliphatic heterocycles. The van der Waals surface area contributed by atoms with Crippen LogP contribution in [-0.4, -0.2) is 87.5 Å². The molecule has 1 saturated heterocycles. The summed E-state index contributed by atoms with van der Waals surface area (Å²) in [6.45, 7) is 0.672. The van der Waals surface area contributed by atoms with Crippen LogP contribution in [0, 0.1) is 0 Å². The van der Waals surface area contributed by atoms with E-state index in [1.54, 1.807) is 12.1 Å². The lowest BCUT2D eigenvalue weighted by atomic mass is 9.98. The number of hydrogen-bond donors (Lipinski definition) is 5. The highest BCUT2D eigenvalue weighted by Crippen LogP contribution is 2.24. The summed E-state index contributed by atoms with van der Waals surface area (Å²) in [6.07, 6.45) is -7.69. The lowest BCUT2D eigenvalue weighted by Crippen LogP contribution is -2.60. The Morgan fingerprint density at radius 2 is 1.65 bits per heavy atom. The number of ether oxygens (including phenoxy) is 4. The van der Waals surface area contributed by atoms with Gasteiger partial charge in [-0.25, -0.2) is 0 Å². The highest BCUT2D eigenvalue weighted by atomic mass is 16.7. The van der Waals surface area contributed by atoms with Gasteiger partial charge in [-0.1, -0.05) is 12.1 Å². The van der Waals surface area contributed by atoms with Gasteiger partial charge in [0.1, 0.15) is 36.8 Å². The van der Waals surface area contributed by atoms with E-state index in [0.717, 1.165) is 0 Å². The Kier molecular flexibility index (Phi) is 8.74. The number of aliphatic hydroxyl groups is 5. The van der Waals surface area contributed by atoms with E-state index >= 15 is 0 Å². The summed E-state index contributed by atoms with van der Waals surface area (Å²) in [5.74, 6) is -1.08. The molecule has 0 radical (unpaired) electrons. The zero-order valence-electron chi connectivity index (χ0n) is 17.2. The van der Waals surface area contributed by atoms with Crippen LogP contribution in [0.3, 0.4) is 0 Å². The Balaban J connectivity index is 1.86. The zero-order chi connectivity index (χ0) is 23.2. The van der Waals surface area contributed by atoms with Gasteiger partial charge < -0.3 is 44.5 Å². The Hall–Kier alpha value is -2.28. The van der Waals surface area contributed by atoms with Crippen molar-refractivity contribution in [2.45, 2.75) is 62.7 Å². The average Bonchev–Trinajstić information content (AvgIpc) is 2.72. The fraction of sp³-hybridized carbons (Fsp3) is 0.600. The number of carbonyl (C=O) groups excluding carboxylic acids is 2. The van der Waals surface area contributed by atoms with Gasteiger partial charge in [0, 0.05) is 0 Å². The first kappa shape index (κ1) is 25.0. The molecular weight excluding hydrogens is 416 g/mol. The topological polar surface area (TPSA) is 172 Å². The lowest BCUT2D eigenvalue weighted by Gasteiger charge is -2.39. The number of rotatable bonds is 9. The molecule has 2 rings (SSSR count). The number of aliphatic hydroxyl groups excluding tert-OH is 4. The molecule has 0 aromatic heterocycles. The van der Waals surface area contributed by atoms with Crippen LogP contribution in [-0.2, 0) is 30.4 Å². The summed E-state index contributed by atoms with van der Waals surface area (Å²) >= 11 is 0. The van der Waals surface area contributed by atoms with Crippen LogP contribution >= 0.6 is 0 Å². The van der Waals surface area contributed by atoms with E-state index < -0.39 is 54.9 Å². The maximum Gasteiger partial charge on any atom is 0.309 e. The van der Waals surface area contributed by atoms with Crippen LogP contribution in [0.2, 0.25) is 0 Å². The predicted octanol–water partition coefficient (Wildman–Crippen LogP) is -1.39. The first-order valence-corrected chi connectivity index (χ1v) is 9.57. The molecule has 1 fully saturated rings. The van der Waals surface area contributed by atoms with E-state index in [0.29, 0.717) is 5.56 Å². The Labute approximate surface area is 178 Å². The molecular formula is C20H28O11. The molecule has 11 nitrogen and oxygen atoms in total. The van der Waals surface area contributed by atoms with E-state index in [1.165, 1.54) is 26.2 Å². The molecule has 31 heavy (non-hydrogen) atoms. The third kappa shape index (κ3) is 7.13. The van der Waals surface area contributed by atoms with Crippen molar-refractivity contribution >= 4 is 11.9 Å². The fourth-order valence-electron chi connectivity index (χ4n) is 2.93. The average molecular weight is 444 g/mol. The third-order valence-electron chi connectivity index (χ3n) is 4.70. The zero-order valence-corrected chi connectivity index (χ0v) is 17.2. The number of hydrogen-bond acceptors (Lipinski definition) is 11. The van der Waals surface area contributed by atoms with E-state index in [9.17, 15) is 35.1 Å². The van der Waals surface area contributed by atoms with Gasteiger partial charge in [-0.15, -0.1) is 0 Å². The van der Waals surface area contributed by atoms with Crippen molar-refractivity contribution in [2.24, 2.45) is 0 Å². The van der Waals surface area contributed by atoms with E-state index in [4.69, 9.17) is 14.2 Å². The van der Waals surface area contributed by atoms with Gasteiger partial charge >= 0.3 is 11.9 Å². The smallest absolute Gasteiger partial charge is 0.309 e. The van der Waals surface area contributed by atoms with Crippen molar-refractivity contribution in [3.8, 4) is 5.75 Å². The predicted molar refractivity (Wildman–Crippen MR) is 103 cm³/mol. The SMILES string of the molecule is COC(=O)C[C@](C)(O)CC(=O)OCc1ccc(O[C@H]2O[C@H](CO)[C@@H](O)[C@H](O)[C@H]2O)cc1. The molecule has 1 aliphatic rings. The molecule has 174 valence electrons. The largest absolute Gasteiger partial charge is 0.469 e. The van der Waals surface area contributed by atoms with Gasteiger partial charge in [-0.2, -0.15) is 0 Å². The highest BCUT2D eigenvalue weighted by molar-refractivity contribution is 5.74. The lowest BCUT2D eigenvalue weighted by molar-refractivity contribution is -0.277. The minimum atomic E-state index is -1.59. The second-order valence-electron chi connectivity index (χ2n) is 7.55. The molecule has 1 heterocycles. The van der Waals surface area contributed by atoms with Crippen LogP contribution in [0.4, 0.5) is 0 Å². The van der Waals surface area contributed by atoms with Gasteiger partial charge in [0.05, 0.1) is 32.2 Å². The highest BCUT2D eigenvalue weighted by Gasteiger charge is 2.44. The Morgan fingerprint density at radius 1 is 1.03 bits per heavy atom. The standard InChI is InChI=1S/C20H28O11/c1-20(27,7-14(22)28-2)8-15(23)29-10-11-3-5-12(6-4-11)30-19-18(26)17(25)16(24)13(9-21)31-19/h3-6,13,16-19,21,24-27H,7-10H2,1-2H3/t13-,16-,17+,18-,19+,20+/m1/s1. The van der Waals surface area contributed by atoms with Crippen LogP contribution in [0.25, 0.3) is 0 Å². The number of benzene rings is 1. The Bertz CT molecular complexity index is 731. The van der Waals surface area contributed by atoms with Crippen molar-refractivity contribution in [2.75, 3.05) is 13.7 Å². The number of esters is 2.